The Morgan fingerprint density at radius 2 is 1.72 bits per heavy atom. The highest BCUT2D eigenvalue weighted by Crippen LogP contribution is 2.30. The lowest BCUT2D eigenvalue weighted by Crippen LogP contribution is -2.12. The van der Waals surface area contributed by atoms with Crippen molar-refractivity contribution in [1.29, 1.82) is 0 Å². The molecule has 2 N–H and O–H groups in total. The number of hydrogen-bond donors (Lipinski definition) is 2. The van der Waals surface area contributed by atoms with Gasteiger partial charge in [0.1, 0.15) is 0 Å². The Labute approximate surface area is 177 Å². The first-order chi connectivity index (χ1) is 14.1. The van der Waals surface area contributed by atoms with E-state index in [9.17, 15) is 0 Å². The van der Waals surface area contributed by atoms with Gasteiger partial charge in [0.25, 0.3) is 0 Å². The van der Waals surface area contributed by atoms with Crippen LogP contribution in [0.3, 0.4) is 0 Å². The Kier molecular flexibility index (Phi) is 7.04. The van der Waals surface area contributed by atoms with Crippen LogP contribution in [0.5, 0.6) is 0 Å². The average Bonchev–Trinajstić information content (AvgIpc) is 2.73. The SMILES string of the molecule is C=C(/C=C(/C)NCCC)Nc1nc(-c2ccccc2)cc(-c2ccccc2Cl)n1. The molecule has 3 aromatic rings. The highest BCUT2D eigenvalue weighted by Gasteiger charge is 2.11. The third-order valence-corrected chi connectivity index (χ3v) is 4.59. The van der Waals surface area contributed by atoms with Gasteiger partial charge in [-0.05, 0) is 31.6 Å². The smallest absolute Gasteiger partial charge is 0.228 e. The van der Waals surface area contributed by atoms with Crippen molar-refractivity contribution in [3.8, 4) is 22.5 Å². The van der Waals surface area contributed by atoms with Crippen molar-refractivity contribution < 1.29 is 0 Å². The number of aromatic nitrogens is 2. The van der Waals surface area contributed by atoms with Gasteiger partial charge in [0.2, 0.25) is 5.95 Å². The lowest BCUT2D eigenvalue weighted by Gasteiger charge is -2.12. The normalized spacial score (nSPS) is 11.2. The van der Waals surface area contributed by atoms with E-state index in [1.54, 1.807) is 0 Å². The van der Waals surface area contributed by atoms with E-state index in [-0.39, 0.29) is 0 Å². The zero-order chi connectivity index (χ0) is 20.6. The molecule has 0 amide bonds. The molecule has 0 aliphatic carbocycles. The van der Waals surface area contributed by atoms with Crippen molar-refractivity contribution >= 4 is 17.5 Å². The molecular weight excluding hydrogens is 380 g/mol. The van der Waals surface area contributed by atoms with Crippen molar-refractivity contribution in [3.63, 3.8) is 0 Å². The summed E-state index contributed by atoms with van der Waals surface area (Å²) in [4.78, 5) is 9.37. The number of halogens is 1. The summed E-state index contributed by atoms with van der Waals surface area (Å²) < 4.78 is 0. The van der Waals surface area contributed by atoms with Gasteiger partial charge in [-0.25, -0.2) is 9.97 Å². The molecule has 0 bridgehead atoms. The third-order valence-electron chi connectivity index (χ3n) is 4.26. The highest BCUT2D eigenvalue weighted by molar-refractivity contribution is 6.33. The molecule has 0 radical (unpaired) electrons. The summed E-state index contributed by atoms with van der Waals surface area (Å²) in [5.41, 5.74) is 5.18. The van der Waals surface area contributed by atoms with Gasteiger partial charge in [0.15, 0.2) is 0 Å². The second-order valence-electron chi connectivity index (χ2n) is 6.71. The van der Waals surface area contributed by atoms with Crippen LogP contribution >= 0.6 is 11.6 Å². The lowest BCUT2D eigenvalue weighted by atomic mass is 10.1. The van der Waals surface area contributed by atoms with Crippen LogP contribution in [0.15, 0.2) is 84.7 Å². The fourth-order valence-electron chi connectivity index (χ4n) is 2.88. The molecule has 29 heavy (non-hydrogen) atoms. The molecule has 0 unspecified atom stereocenters. The van der Waals surface area contributed by atoms with Gasteiger partial charge in [0.05, 0.1) is 11.4 Å². The number of nitrogens with one attached hydrogen (secondary N) is 2. The fourth-order valence-corrected chi connectivity index (χ4v) is 3.11. The van der Waals surface area contributed by atoms with Gasteiger partial charge in [-0.1, -0.05) is 73.6 Å². The van der Waals surface area contributed by atoms with Gasteiger partial charge in [-0.15, -0.1) is 0 Å². The van der Waals surface area contributed by atoms with Gasteiger partial charge < -0.3 is 10.6 Å². The summed E-state index contributed by atoms with van der Waals surface area (Å²) in [5, 5.41) is 7.19. The largest absolute Gasteiger partial charge is 0.389 e. The maximum atomic E-state index is 6.42. The van der Waals surface area contributed by atoms with Crippen LogP contribution in [0, 0.1) is 0 Å². The molecule has 0 saturated heterocycles. The first-order valence-electron chi connectivity index (χ1n) is 9.64. The molecule has 0 aliphatic rings. The molecule has 4 nitrogen and oxygen atoms in total. The van der Waals surface area contributed by atoms with Crippen LogP contribution in [0.2, 0.25) is 5.02 Å². The molecule has 0 atom stereocenters. The van der Waals surface area contributed by atoms with Crippen LogP contribution in [0.4, 0.5) is 5.95 Å². The van der Waals surface area contributed by atoms with E-state index in [4.69, 9.17) is 16.6 Å². The minimum Gasteiger partial charge on any atom is -0.389 e. The summed E-state index contributed by atoms with van der Waals surface area (Å²) in [6.45, 7) is 9.15. The lowest BCUT2D eigenvalue weighted by molar-refractivity contribution is 0.769. The molecule has 2 aromatic carbocycles. The fraction of sp³-hybridized carbons (Fsp3) is 0.167. The summed E-state index contributed by atoms with van der Waals surface area (Å²) in [5.74, 6) is 0.478. The van der Waals surface area contributed by atoms with E-state index in [1.807, 2.05) is 73.7 Å². The average molecular weight is 405 g/mol. The number of benzene rings is 2. The second-order valence-corrected chi connectivity index (χ2v) is 7.12. The quantitative estimate of drug-likeness (QED) is 0.433. The van der Waals surface area contributed by atoms with Gasteiger partial charge in [-0.3, -0.25) is 0 Å². The van der Waals surface area contributed by atoms with Crippen LogP contribution in [0.1, 0.15) is 20.3 Å². The predicted octanol–water partition coefficient (Wildman–Crippen LogP) is 6.29. The van der Waals surface area contributed by atoms with E-state index in [0.29, 0.717) is 16.7 Å². The first kappa shape index (κ1) is 20.6. The van der Waals surface area contributed by atoms with Crippen molar-refractivity contribution in [2.45, 2.75) is 20.3 Å². The summed E-state index contributed by atoms with van der Waals surface area (Å²) >= 11 is 6.42. The van der Waals surface area contributed by atoms with E-state index in [1.165, 1.54) is 0 Å². The summed E-state index contributed by atoms with van der Waals surface area (Å²) in [6, 6.07) is 19.6. The molecule has 1 heterocycles. The van der Waals surface area contributed by atoms with Crippen molar-refractivity contribution in [3.05, 3.63) is 89.7 Å². The molecule has 0 saturated carbocycles. The Bertz CT molecular complexity index is 1010. The number of hydrogen-bond acceptors (Lipinski definition) is 4. The standard InChI is InChI=1S/C24H25ClN4/c1-4-14-26-17(2)15-18(3)27-24-28-22(19-10-6-5-7-11-19)16-23(29-24)20-12-8-9-13-21(20)25/h5-13,15-16,26H,3-4,14H2,1-2H3,(H,27,28,29)/b17-15-. The van der Waals surface area contributed by atoms with Gasteiger partial charge in [-0.2, -0.15) is 0 Å². The van der Waals surface area contributed by atoms with Crippen molar-refractivity contribution in [1.82, 2.24) is 15.3 Å². The Morgan fingerprint density at radius 1 is 1.03 bits per heavy atom. The molecule has 1 aromatic heterocycles. The predicted molar refractivity (Wildman–Crippen MR) is 123 cm³/mol. The summed E-state index contributed by atoms with van der Waals surface area (Å²) in [7, 11) is 0. The van der Waals surface area contributed by atoms with E-state index in [0.717, 1.165) is 41.2 Å². The monoisotopic (exact) mass is 404 g/mol. The molecular formula is C24H25ClN4. The summed E-state index contributed by atoms with van der Waals surface area (Å²) in [6.07, 6.45) is 3.01. The maximum absolute atomic E-state index is 6.42. The zero-order valence-corrected chi connectivity index (χ0v) is 17.5. The zero-order valence-electron chi connectivity index (χ0n) is 16.7. The first-order valence-corrected chi connectivity index (χ1v) is 10.0. The van der Waals surface area contributed by atoms with E-state index >= 15 is 0 Å². The molecule has 0 aliphatic heterocycles. The Balaban J connectivity index is 1.97. The van der Waals surface area contributed by atoms with Crippen LogP contribution < -0.4 is 10.6 Å². The van der Waals surface area contributed by atoms with E-state index < -0.39 is 0 Å². The maximum Gasteiger partial charge on any atom is 0.228 e. The molecule has 148 valence electrons. The Morgan fingerprint density at radius 3 is 2.45 bits per heavy atom. The van der Waals surface area contributed by atoms with Crippen molar-refractivity contribution in [2.75, 3.05) is 11.9 Å². The number of rotatable bonds is 8. The molecule has 5 heteroatoms. The highest BCUT2D eigenvalue weighted by atomic mass is 35.5. The van der Waals surface area contributed by atoms with Gasteiger partial charge >= 0.3 is 0 Å². The minimum absolute atomic E-state index is 0.478. The number of nitrogens with zero attached hydrogens (tertiary/aromatic N) is 2. The van der Waals surface area contributed by atoms with Crippen LogP contribution in [0.25, 0.3) is 22.5 Å². The minimum atomic E-state index is 0.478. The van der Waals surface area contributed by atoms with Crippen LogP contribution in [-0.4, -0.2) is 16.5 Å². The molecule has 0 fully saturated rings. The topological polar surface area (TPSA) is 49.8 Å². The molecule has 0 spiro atoms. The second kappa shape index (κ2) is 9.89. The number of allylic oxidation sites excluding steroid dienone is 2. The van der Waals surface area contributed by atoms with Crippen LogP contribution in [-0.2, 0) is 0 Å². The van der Waals surface area contributed by atoms with Crippen molar-refractivity contribution in [2.24, 2.45) is 0 Å². The Hall–Kier alpha value is -3.11. The third kappa shape index (κ3) is 5.69. The molecule has 3 rings (SSSR count). The number of anilines is 1. The van der Waals surface area contributed by atoms with Gasteiger partial charge in [0, 0.05) is 34.1 Å². The van der Waals surface area contributed by atoms with E-state index in [2.05, 4.69) is 29.1 Å².